The number of para-hydroxylation sites is 2. The van der Waals surface area contributed by atoms with Gasteiger partial charge in [0.05, 0.1) is 16.7 Å². The van der Waals surface area contributed by atoms with Gasteiger partial charge in [0.2, 0.25) is 0 Å². The van der Waals surface area contributed by atoms with Crippen molar-refractivity contribution in [2.75, 3.05) is 0 Å². The minimum atomic E-state index is 0.606. The standard InChI is InChI=1S/C50H31N5S/c1-2-12-33(13-3-1)48-52-49(35-15-10-14-34(30-35)38-19-11-20-42-41-18-6-9-23-46(41)56-47(38)42)54-50(53-48)36-24-25-37(32-26-28-51-29-27-32)45(31-36)55-43-21-7-4-16-39(43)40-17-5-8-22-44(40)55/h1-31H. The zero-order valence-electron chi connectivity index (χ0n) is 30.0. The lowest BCUT2D eigenvalue weighted by Crippen LogP contribution is -2.02. The van der Waals surface area contributed by atoms with Crippen molar-refractivity contribution in [2.45, 2.75) is 0 Å². The monoisotopic (exact) mass is 733 g/mol. The van der Waals surface area contributed by atoms with Crippen LogP contribution in [0.5, 0.6) is 0 Å². The number of fused-ring (bicyclic) bond motifs is 6. The first-order chi connectivity index (χ1) is 27.8. The third-order valence-corrected chi connectivity index (χ3v) is 11.8. The van der Waals surface area contributed by atoms with E-state index in [0.29, 0.717) is 17.5 Å². The zero-order chi connectivity index (χ0) is 37.0. The average molecular weight is 734 g/mol. The Morgan fingerprint density at radius 3 is 1.70 bits per heavy atom. The van der Waals surface area contributed by atoms with Gasteiger partial charge in [-0.05, 0) is 59.2 Å². The molecule has 0 N–H and O–H groups in total. The van der Waals surface area contributed by atoms with Crippen molar-refractivity contribution < 1.29 is 0 Å². The third-order valence-electron chi connectivity index (χ3n) is 10.6. The molecule has 4 heterocycles. The Labute approximate surface area is 326 Å². The molecule has 6 heteroatoms. The van der Waals surface area contributed by atoms with Crippen LogP contribution < -0.4 is 0 Å². The molecule has 0 amide bonds. The third kappa shape index (κ3) is 5.38. The highest BCUT2D eigenvalue weighted by Gasteiger charge is 2.19. The Kier molecular flexibility index (Phi) is 7.60. The summed E-state index contributed by atoms with van der Waals surface area (Å²) in [6.07, 6.45) is 3.69. The van der Waals surface area contributed by atoms with Gasteiger partial charge in [-0.15, -0.1) is 11.3 Å². The van der Waals surface area contributed by atoms with Crippen LogP contribution in [0.4, 0.5) is 0 Å². The molecular formula is C50H31N5S. The highest BCUT2D eigenvalue weighted by molar-refractivity contribution is 7.26. The number of nitrogens with zero attached hydrogens (tertiary/aromatic N) is 5. The fraction of sp³-hybridized carbons (Fsp3) is 0. The summed E-state index contributed by atoms with van der Waals surface area (Å²) in [6, 6.07) is 61.8. The van der Waals surface area contributed by atoms with Crippen molar-refractivity contribution >= 4 is 53.3 Å². The maximum atomic E-state index is 5.24. The average Bonchev–Trinajstić information content (AvgIpc) is 3.83. The van der Waals surface area contributed by atoms with Crippen LogP contribution >= 0.6 is 11.3 Å². The van der Waals surface area contributed by atoms with Gasteiger partial charge >= 0.3 is 0 Å². The summed E-state index contributed by atoms with van der Waals surface area (Å²) in [5, 5.41) is 4.97. The lowest BCUT2D eigenvalue weighted by molar-refractivity contribution is 1.07. The highest BCUT2D eigenvalue weighted by atomic mass is 32.1. The van der Waals surface area contributed by atoms with Crippen molar-refractivity contribution in [3.8, 4) is 62.1 Å². The molecule has 0 bridgehead atoms. The number of benzene rings is 7. The molecule has 0 fully saturated rings. The Balaban J connectivity index is 1.12. The summed E-state index contributed by atoms with van der Waals surface area (Å²) < 4.78 is 4.93. The molecular weight excluding hydrogens is 703 g/mol. The fourth-order valence-corrected chi connectivity index (χ4v) is 9.20. The number of aromatic nitrogens is 5. The van der Waals surface area contributed by atoms with Crippen LogP contribution in [0.15, 0.2) is 188 Å². The van der Waals surface area contributed by atoms with E-state index in [-0.39, 0.29) is 0 Å². The highest BCUT2D eigenvalue weighted by Crippen LogP contribution is 2.41. The minimum Gasteiger partial charge on any atom is -0.309 e. The molecule has 0 aliphatic carbocycles. The molecule has 11 rings (SSSR count). The Morgan fingerprint density at radius 1 is 0.375 bits per heavy atom. The van der Waals surface area contributed by atoms with Crippen LogP contribution in [0.3, 0.4) is 0 Å². The smallest absolute Gasteiger partial charge is 0.164 e. The minimum absolute atomic E-state index is 0.606. The van der Waals surface area contributed by atoms with E-state index in [1.165, 1.54) is 36.5 Å². The van der Waals surface area contributed by atoms with Crippen LogP contribution in [0.2, 0.25) is 0 Å². The van der Waals surface area contributed by atoms with E-state index in [2.05, 4.69) is 167 Å². The lowest BCUT2D eigenvalue weighted by atomic mass is 10.00. The second kappa shape index (κ2) is 13.2. The second-order valence-corrected chi connectivity index (χ2v) is 14.9. The molecule has 0 atom stereocenters. The van der Waals surface area contributed by atoms with Gasteiger partial charge in [-0.25, -0.2) is 15.0 Å². The Bertz CT molecular complexity index is 3200. The number of pyridine rings is 1. The van der Waals surface area contributed by atoms with E-state index in [0.717, 1.165) is 50.1 Å². The van der Waals surface area contributed by atoms with Gasteiger partial charge in [-0.1, -0.05) is 133 Å². The van der Waals surface area contributed by atoms with Crippen molar-refractivity contribution in [3.05, 3.63) is 188 Å². The predicted molar refractivity (Wildman–Crippen MR) is 232 cm³/mol. The number of rotatable bonds is 6. The molecule has 0 aliphatic rings. The van der Waals surface area contributed by atoms with E-state index in [1.54, 1.807) is 0 Å². The van der Waals surface area contributed by atoms with Crippen molar-refractivity contribution in [2.24, 2.45) is 0 Å². The van der Waals surface area contributed by atoms with E-state index in [9.17, 15) is 0 Å². The first kappa shape index (κ1) is 32.2. The van der Waals surface area contributed by atoms with Gasteiger partial charge in [-0.2, -0.15) is 0 Å². The van der Waals surface area contributed by atoms with Crippen molar-refractivity contribution in [1.29, 1.82) is 0 Å². The van der Waals surface area contributed by atoms with Gasteiger partial charge in [0, 0.05) is 65.6 Å². The topological polar surface area (TPSA) is 56.5 Å². The van der Waals surface area contributed by atoms with Gasteiger partial charge in [0.1, 0.15) is 0 Å². The summed E-state index contributed by atoms with van der Waals surface area (Å²) in [7, 11) is 0. The van der Waals surface area contributed by atoms with Crippen LogP contribution in [0.25, 0.3) is 104 Å². The molecule has 0 unspecified atom stereocenters. The summed E-state index contributed by atoms with van der Waals surface area (Å²) in [4.78, 5) is 19.8. The first-order valence-corrected chi connectivity index (χ1v) is 19.4. The van der Waals surface area contributed by atoms with Crippen LogP contribution in [-0.4, -0.2) is 24.5 Å². The molecule has 4 aromatic heterocycles. The lowest BCUT2D eigenvalue weighted by Gasteiger charge is -2.16. The maximum absolute atomic E-state index is 5.24. The summed E-state index contributed by atoms with van der Waals surface area (Å²) >= 11 is 1.84. The normalized spacial score (nSPS) is 11.6. The van der Waals surface area contributed by atoms with Crippen LogP contribution in [0, 0.1) is 0 Å². The molecule has 262 valence electrons. The molecule has 0 spiro atoms. The van der Waals surface area contributed by atoms with Gasteiger partial charge < -0.3 is 4.57 Å². The Hall–Kier alpha value is -7.28. The molecule has 56 heavy (non-hydrogen) atoms. The Morgan fingerprint density at radius 2 is 0.946 bits per heavy atom. The molecule has 0 saturated carbocycles. The molecule has 0 radical (unpaired) electrons. The zero-order valence-corrected chi connectivity index (χ0v) is 30.9. The molecule has 7 aromatic carbocycles. The number of hydrogen-bond donors (Lipinski definition) is 0. The summed E-state index contributed by atoms with van der Waals surface area (Å²) in [5.74, 6) is 1.85. The first-order valence-electron chi connectivity index (χ1n) is 18.6. The predicted octanol–water partition coefficient (Wildman–Crippen LogP) is 13.1. The van der Waals surface area contributed by atoms with Crippen molar-refractivity contribution in [1.82, 2.24) is 24.5 Å². The largest absolute Gasteiger partial charge is 0.309 e. The molecule has 0 saturated heterocycles. The van der Waals surface area contributed by atoms with Gasteiger partial charge in [0.15, 0.2) is 17.5 Å². The molecule has 0 aliphatic heterocycles. The number of hydrogen-bond acceptors (Lipinski definition) is 5. The van der Waals surface area contributed by atoms with E-state index >= 15 is 0 Å². The van der Waals surface area contributed by atoms with Crippen molar-refractivity contribution in [3.63, 3.8) is 0 Å². The maximum Gasteiger partial charge on any atom is 0.164 e. The SMILES string of the molecule is c1ccc(-c2nc(-c3cccc(-c4cccc5c4sc4ccccc45)c3)nc(-c3ccc(-c4ccncc4)c(-n4c5ccccc5c5ccccc54)c3)n2)cc1. The van der Waals surface area contributed by atoms with E-state index < -0.39 is 0 Å². The molecule has 5 nitrogen and oxygen atoms in total. The van der Waals surface area contributed by atoms with E-state index in [1.807, 2.05) is 41.9 Å². The van der Waals surface area contributed by atoms with E-state index in [4.69, 9.17) is 15.0 Å². The number of thiophene rings is 1. The second-order valence-electron chi connectivity index (χ2n) is 13.9. The van der Waals surface area contributed by atoms with Gasteiger partial charge in [-0.3, -0.25) is 4.98 Å². The van der Waals surface area contributed by atoms with Crippen LogP contribution in [0.1, 0.15) is 0 Å². The fourth-order valence-electron chi connectivity index (χ4n) is 7.96. The summed E-state index contributed by atoms with van der Waals surface area (Å²) in [6.45, 7) is 0. The quantitative estimate of drug-likeness (QED) is 0.171. The summed E-state index contributed by atoms with van der Waals surface area (Å²) in [5.41, 5.74) is 10.5. The van der Waals surface area contributed by atoms with Crippen LogP contribution in [-0.2, 0) is 0 Å². The molecule has 11 aromatic rings. The van der Waals surface area contributed by atoms with Gasteiger partial charge in [0.25, 0.3) is 0 Å².